The standard InChI is InChI=1S/C22H21N3O2/c1-15(19-8-4-6-16-5-2-3-7-20(16)19)24-21(26)17-9-11-18(12-10-17)25-14-13-23-22(25)27/h2-12,15H,13-14H2,1H3,(H,23,27)(H,24,26). The normalized spacial score (nSPS) is 14.9. The van der Waals surface area contributed by atoms with Crippen LogP contribution in [-0.4, -0.2) is 25.0 Å². The van der Waals surface area contributed by atoms with Gasteiger partial charge in [-0.15, -0.1) is 0 Å². The van der Waals surface area contributed by atoms with Gasteiger partial charge in [-0.2, -0.15) is 0 Å². The molecule has 0 bridgehead atoms. The summed E-state index contributed by atoms with van der Waals surface area (Å²) < 4.78 is 0. The van der Waals surface area contributed by atoms with E-state index in [0.717, 1.165) is 22.0 Å². The lowest BCUT2D eigenvalue weighted by Gasteiger charge is -2.18. The van der Waals surface area contributed by atoms with Crippen molar-refractivity contribution in [3.05, 3.63) is 77.9 Å². The molecule has 3 amide bonds. The van der Waals surface area contributed by atoms with Crippen molar-refractivity contribution < 1.29 is 9.59 Å². The van der Waals surface area contributed by atoms with E-state index >= 15 is 0 Å². The van der Waals surface area contributed by atoms with Gasteiger partial charge in [-0.05, 0) is 47.5 Å². The largest absolute Gasteiger partial charge is 0.345 e. The number of anilines is 1. The van der Waals surface area contributed by atoms with Crippen LogP contribution in [0.2, 0.25) is 0 Å². The van der Waals surface area contributed by atoms with Gasteiger partial charge in [-0.1, -0.05) is 42.5 Å². The van der Waals surface area contributed by atoms with Crippen LogP contribution >= 0.6 is 0 Å². The van der Waals surface area contributed by atoms with Gasteiger partial charge in [0.25, 0.3) is 5.91 Å². The van der Waals surface area contributed by atoms with Crippen LogP contribution in [-0.2, 0) is 0 Å². The molecule has 0 aliphatic carbocycles. The first-order valence-electron chi connectivity index (χ1n) is 9.07. The monoisotopic (exact) mass is 359 g/mol. The number of carbonyl (C=O) groups is 2. The van der Waals surface area contributed by atoms with Gasteiger partial charge >= 0.3 is 6.03 Å². The Kier molecular flexibility index (Phi) is 4.50. The summed E-state index contributed by atoms with van der Waals surface area (Å²) in [5.74, 6) is -0.132. The molecule has 3 aromatic carbocycles. The molecule has 1 saturated heterocycles. The van der Waals surface area contributed by atoms with Crippen molar-refractivity contribution >= 4 is 28.4 Å². The molecule has 1 heterocycles. The molecule has 27 heavy (non-hydrogen) atoms. The first kappa shape index (κ1) is 17.1. The van der Waals surface area contributed by atoms with Gasteiger partial charge in [0.15, 0.2) is 0 Å². The number of benzene rings is 3. The van der Waals surface area contributed by atoms with Crippen LogP contribution in [0.1, 0.15) is 28.9 Å². The number of hydrogen-bond donors (Lipinski definition) is 2. The molecule has 0 spiro atoms. The van der Waals surface area contributed by atoms with Gasteiger partial charge < -0.3 is 10.6 Å². The minimum Gasteiger partial charge on any atom is -0.345 e. The Morgan fingerprint density at radius 2 is 1.78 bits per heavy atom. The summed E-state index contributed by atoms with van der Waals surface area (Å²) in [6, 6.07) is 21.2. The fourth-order valence-electron chi connectivity index (χ4n) is 3.50. The molecule has 1 aliphatic rings. The third-order valence-electron chi connectivity index (χ3n) is 4.94. The number of fused-ring (bicyclic) bond motifs is 1. The Bertz CT molecular complexity index is 993. The van der Waals surface area contributed by atoms with Crippen molar-refractivity contribution in [2.24, 2.45) is 0 Å². The van der Waals surface area contributed by atoms with Crippen LogP contribution in [0.15, 0.2) is 66.7 Å². The van der Waals surface area contributed by atoms with Crippen LogP contribution in [0.3, 0.4) is 0 Å². The molecule has 1 unspecified atom stereocenters. The highest BCUT2D eigenvalue weighted by atomic mass is 16.2. The fraction of sp³-hybridized carbons (Fsp3) is 0.182. The fourth-order valence-corrected chi connectivity index (χ4v) is 3.50. The van der Waals surface area contributed by atoms with Crippen molar-refractivity contribution in [1.29, 1.82) is 0 Å². The number of urea groups is 1. The van der Waals surface area contributed by atoms with Crippen molar-refractivity contribution in [3.8, 4) is 0 Å². The lowest BCUT2D eigenvalue weighted by atomic mass is 9.99. The van der Waals surface area contributed by atoms with E-state index in [4.69, 9.17) is 0 Å². The Morgan fingerprint density at radius 3 is 2.52 bits per heavy atom. The summed E-state index contributed by atoms with van der Waals surface area (Å²) in [6.45, 7) is 3.27. The Morgan fingerprint density at radius 1 is 1.04 bits per heavy atom. The van der Waals surface area contributed by atoms with Crippen LogP contribution in [0.5, 0.6) is 0 Å². The van der Waals surface area contributed by atoms with Gasteiger partial charge in [-0.25, -0.2) is 4.79 Å². The number of hydrogen-bond acceptors (Lipinski definition) is 2. The predicted molar refractivity (Wildman–Crippen MR) is 107 cm³/mol. The third-order valence-corrected chi connectivity index (χ3v) is 4.94. The summed E-state index contributed by atoms with van der Waals surface area (Å²) in [6.07, 6.45) is 0. The second kappa shape index (κ2) is 7.11. The molecule has 4 rings (SSSR count). The number of nitrogens with zero attached hydrogens (tertiary/aromatic N) is 1. The summed E-state index contributed by atoms with van der Waals surface area (Å²) >= 11 is 0. The summed E-state index contributed by atoms with van der Waals surface area (Å²) in [5, 5.41) is 8.14. The Hall–Kier alpha value is -3.34. The van der Waals surface area contributed by atoms with Gasteiger partial charge in [0.05, 0.1) is 6.04 Å². The summed E-state index contributed by atoms with van der Waals surface area (Å²) in [7, 11) is 0. The van der Waals surface area contributed by atoms with E-state index in [1.54, 1.807) is 17.0 Å². The second-order valence-electron chi connectivity index (χ2n) is 6.69. The highest BCUT2D eigenvalue weighted by molar-refractivity contribution is 5.97. The summed E-state index contributed by atoms with van der Waals surface area (Å²) in [5.41, 5.74) is 2.46. The predicted octanol–water partition coefficient (Wildman–Crippen LogP) is 3.86. The van der Waals surface area contributed by atoms with Crippen LogP contribution in [0.4, 0.5) is 10.5 Å². The molecular weight excluding hydrogens is 338 g/mol. The number of amides is 3. The van der Waals surface area contributed by atoms with E-state index in [0.29, 0.717) is 18.7 Å². The quantitative estimate of drug-likeness (QED) is 0.743. The van der Waals surface area contributed by atoms with Gasteiger partial charge in [-0.3, -0.25) is 9.69 Å². The molecule has 5 heteroatoms. The van der Waals surface area contributed by atoms with E-state index in [2.05, 4.69) is 28.8 Å². The smallest absolute Gasteiger partial charge is 0.321 e. The molecule has 5 nitrogen and oxygen atoms in total. The zero-order valence-corrected chi connectivity index (χ0v) is 15.1. The maximum Gasteiger partial charge on any atom is 0.321 e. The highest BCUT2D eigenvalue weighted by Crippen LogP contribution is 2.24. The molecule has 136 valence electrons. The van der Waals surface area contributed by atoms with Gasteiger partial charge in [0.1, 0.15) is 0 Å². The molecule has 1 atom stereocenters. The Labute approximate surface area is 158 Å². The van der Waals surface area contributed by atoms with Crippen LogP contribution in [0, 0.1) is 0 Å². The number of nitrogens with one attached hydrogen (secondary N) is 2. The molecule has 2 N–H and O–H groups in total. The number of carbonyl (C=O) groups excluding carboxylic acids is 2. The van der Waals surface area contributed by atoms with Crippen molar-refractivity contribution in [2.45, 2.75) is 13.0 Å². The SMILES string of the molecule is CC(NC(=O)c1ccc(N2CCNC2=O)cc1)c1cccc2ccccc12. The van der Waals surface area contributed by atoms with E-state index in [-0.39, 0.29) is 18.0 Å². The van der Waals surface area contributed by atoms with Gasteiger partial charge in [0, 0.05) is 24.3 Å². The average molecular weight is 359 g/mol. The minimum absolute atomic E-state index is 0.100. The molecule has 0 aromatic heterocycles. The second-order valence-corrected chi connectivity index (χ2v) is 6.69. The third kappa shape index (κ3) is 3.36. The number of rotatable bonds is 4. The van der Waals surface area contributed by atoms with Crippen molar-refractivity contribution in [1.82, 2.24) is 10.6 Å². The van der Waals surface area contributed by atoms with E-state index in [1.807, 2.05) is 43.3 Å². The first-order chi connectivity index (χ1) is 13.1. The maximum atomic E-state index is 12.7. The lowest BCUT2D eigenvalue weighted by molar-refractivity contribution is 0.0940. The van der Waals surface area contributed by atoms with Crippen molar-refractivity contribution in [3.63, 3.8) is 0 Å². The summed E-state index contributed by atoms with van der Waals surface area (Å²) in [4.78, 5) is 26.1. The van der Waals surface area contributed by atoms with Gasteiger partial charge in [0.2, 0.25) is 0 Å². The average Bonchev–Trinajstić information content (AvgIpc) is 3.13. The molecule has 3 aromatic rings. The lowest BCUT2D eigenvalue weighted by Crippen LogP contribution is -2.28. The van der Waals surface area contributed by atoms with E-state index in [9.17, 15) is 9.59 Å². The van der Waals surface area contributed by atoms with E-state index in [1.165, 1.54) is 0 Å². The molecular formula is C22H21N3O2. The molecule has 1 fully saturated rings. The molecule has 1 aliphatic heterocycles. The zero-order chi connectivity index (χ0) is 18.8. The topological polar surface area (TPSA) is 61.4 Å². The van der Waals surface area contributed by atoms with Crippen LogP contribution < -0.4 is 15.5 Å². The first-order valence-corrected chi connectivity index (χ1v) is 9.07. The van der Waals surface area contributed by atoms with E-state index < -0.39 is 0 Å². The maximum absolute atomic E-state index is 12.7. The highest BCUT2D eigenvalue weighted by Gasteiger charge is 2.21. The molecule has 0 saturated carbocycles. The zero-order valence-electron chi connectivity index (χ0n) is 15.1. The Balaban J connectivity index is 1.50. The molecule has 0 radical (unpaired) electrons. The van der Waals surface area contributed by atoms with Crippen molar-refractivity contribution in [2.75, 3.05) is 18.0 Å². The van der Waals surface area contributed by atoms with Crippen LogP contribution in [0.25, 0.3) is 10.8 Å². The minimum atomic E-state index is -0.132.